The third-order valence-corrected chi connectivity index (χ3v) is 2.77. The lowest BCUT2D eigenvalue weighted by Crippen LogP contribution is -2.55. The molecule has 1 aliphatic rings. The van der Waals surface area contributed by atoms with E-state index in [0.29, 0.717) is 6.04 Å². The molecule has 1 N–H and O–H groups in total. The Morgan fingerprint density at radius 1 is 1.64 bits per heavy atom. The van der Waals surface area contributed by atoms with Crippen LogP contribution in [0.4, 0.5) is 0 Å². The summed E-state index contributed by atoms with van der Waals surface area (Å²) in [6, 6.07) is 0.664. The zero-order valence-corrected chi connectivity index (χ0v) is 8.77. The summed E-state index contributed by atoms with van der Waals surface area (Å²) in [4.78, 5) is 6.58. The third kappa shape index (κ3) is 1.78. The predicted molar refractivity (Wildman–Crippen MR) is 53.8 cm³/mol. The number of hydrogen-bond donors (Lipinski definition) is 1. The van der Waals surface area contributed by atoms with Crippen molar-refractivity contribution in [3.63, 3.8) is 0 Å². The molecule has 0 unspecified atom stereocenters. The number of hydrogen-bond acceptors (Lipinski definition) is 4. The highest BCUT2D eigenvalue weighted by Gasteiger charge is 2.22. The van der Waals surface area contributed by atoms with E-state index in [1.54, 1.807) is 6.33 Å². The Hall–Kier alpha value is -0.940. The first-order valence-corrected chi connectivity index (χ1v) is 5.09. The highest BCUT2D eigenvalue weighted by Crippen LogP contribution is 2.06. The van der Waals surface area contributed by atoms with Crippen LogP contribution in [-0.4, -0.2) is 45.8 Å². The molecule has 0 aromatic carbocycles. The van der Waals surface area contributed by atoms with Gasteiger partial charge >= 0.3 is 0 Å². The third-order valence-electron chi connectivity index (χ3n) is 2.77. The van der Waals surface area contributed by atoms with E-state index in [4.69, 9.17) is 0 Å². The Bertz CT molecular complexity index is 291. The monoisotopic (exact) mass is 195 g/mol. The first kappa shape index (κ1) is 9.61. The summed E-state index contributed by atoms with van der Waals surface area (Å²) in [5.41, 5.74) is 0. The highest BCUT2D eigenvalue weighted by molar-refractivity contribution is 4.89. The SMILES string of the molecule is CCn1ncnc1CN(C)C1CNC1. The molecule has 1 aliphatic heterocycles. The molecule has 14 heavy (non-hydrogen) atoms. The Morgan fingerprint density at radius 2 is 2.43 bits per heavy atom. The highest BCUT2D eigenvalue weighted by atomic mass is 15.3. The second kappa shape index (κ2) is 4.06. The van der Waals surface area contributed by atoms with E-state index in [1.165, 1.54) is 0 Å². The van der Waals surface area contributed by atoms with Gasteiger partial charge in [0.1, 0.15) is 12.2 Å². The van der Waals surface area contributed by atoms with Crippen molar-refractivity contribution < 1.29 is 0 Å². The van der Waals surface area contributed by atoms with E-state index in [9.17, 15) is 0 Å². The summed E-state index contributed by atoms with van der Waals surface area (Å²) in [5.74, 6) is 1.06. The molecule has 0 saturated carbocycles. The second-order valence-corrected chi connectivity index (χ2v) is 3.72. The predicted octanol–water partition coefficient (Wildman–Crippen LogP) is -0.298. The van der Waals surface area contributed by atoms with Crippen molar-refractivity contribution >= 4 is 0 Å². The van der Waals surface area contributed by atoms with Crippen molar-refractivity contribution in [3.05, 3.63) is 12.2 Å². The number of likely N-dealkylation sites (N-methyl/N-ethyl adjacent to an activating group) is 1. The molecule has 1 aromatic heterocycles. The Morgan fingerprint density at radius 3 is 3.00 bits per heavy atom. The number of nitrogens with one attached hydrogen (secondary N) is 1. The topological polar surface area (TPSA) is 46.0 Å². The lowest BCUT2D eigenvalue weighted by molar-refractivity contribution is 0.167. The molecule has 0 aliphatic carbocycles. The molecule has 0 bridgehead atoms. The minimum Gasteiger partial charge on any atom is -0.314 e. The van der Waals surface area contributed by atoms with Crippen LogP contribution in [0.15, 0.2) is 6.33 Å². The maximum Gasteiger partial charge on any atom is 0.140 e. The fourth-order valence-electron chi connectivity index (χ4n) is 1.61. The Balaban J connectivity index is 1.95. The lowest BCUT2D eigenvalue weighted by atomic mass is 10.1. The first-order chi connectivity index (χ1) is 6.81. The molecule has 1 aromatic rings. The minimum absolute atomic E-state index is 0.664. The maximum atomic E-state index is 4.26. The van der Waals surface area contributed by atoms with Gasteiger partial charge in [0, 0.05) is 25.7 Å². The summed E-state index contributed by atoms with van der Waals surface area (Å²) in [5, 5.41) is 7.42. The van der Waals surface area contributed by atoms with Gasteiger partial charge in [-0.05, 0) is 14.0 Å². The van der Waals surface area contributed by atoms with Crippen LogP contribution in [-0.2, 0) is 13.1 Å². The molecular formula is C9H17N5. The van der Waals surface area contributed by atoms with Crippen LogP contribution in [0.1, 0.15) is 12.7 Å². The number of nitrogens with zero attached hydrogens (tertiary/aromatic N) is 4. The number of aromatic nitrogens is 3. The van der Waals surface area contributed by atoms with Crippen LogP contribution in [0, 0.1) is 0 Å². The molecule has 5 heteroatoms. The second-order valence-electron chi connectivity index (χ2n) is 3.72. The van der Waals surface area contributed by atoms with Crippen LogP contribution in [0.2, 0.25) is 0 Å². The first-order valence-electron chi connectivity index (χ1n) is 5.09. The average Bonchev–Trinajstić information content (AvgIpc) is 2.48. The quantitative estimate of drug-likeness (QED) is 0.716. The smallest absolute Gasteiger partial charge is 0.140 e. The number of rotatable bonds is 4. The van der Waals surface area contributed by atoms with Gasteiger partial charge in [-0.15, -0.1) is 0 Å². The zero-order valence-electron chi connectivity index (χ0n) is 8.77. The van der Waals surface area contributed by atoms with Crippen LogP contribution < -0.4 is 5.32 Å². The molecule has 2 heterocycles. The standard InChI is InChI=1S/C9H17N5/c1-3-14-9(11-7-12-14)6-13(2)8-4-10-5-8/h7-8,10H,3-6H2,1-2H3. The summed E-state index contributed by atoms with van der Waals surface area (Å²) in [6.07, 6.45) is 1.63. The van der Waals surface area contributed by atoms with Crippen molar-refractivity contribution in [2.24, 2.45) is 0 Å². The van der Waals surface area contributed by atoms with Crippen LogP contribution >= 0.6 is 0 Å². The van der Waals surface area contributed by atoms with E-state index >= 15 is 0 Å². The fraction of sp³-hybridized carbons (Fsp3) is 0.778. The summed E-state index contributed by atoms with van der Waals surface area (Å²) in [7, 11) is 2.14. The molecular weight excluding hydrogens is 178 g/mol. The van der Waals surface area contributed by atoms with E-state index in [-0.39, 0.29) is 0 Å². The normalized spacial score (nSPS) is 17.4. The van der Waals surface area contributed by atoms with Gasteiger partial charge in [0.15, 0.2) is 0 Å². The summed E-state index contributed by atoms with van der Waals surface area (Å²) < 4.78 is 1.95. The maximum absolute atomic E-state index is 4.26. The Labute approximate surface area is 84.1 Å². The van der Waals surface area contributed by atoms with E-state index in [0.717, 1.165) is 32.0 Å². The molecule has 5 nitrogen and oxygen atoms in total. The number of aryl methyl sites for hydroxylation is 1. The van der Waals surface area contributed by atoms with Crippen LogP contribution in [0.5, 0.6) is 0 Å². The van der Waals surface area contributed by atoms with Crippen molar-refractivity contribution in [2.75, 3.05) is 20.1 Å². The molecule has 78 valence electrons. The van der Waals surface area contributed by atoms with Gasteiger partial charge in [-0.25, -0.2) is 9.67 Å². The van der Waals surface area contributed by atoms with E-state index in [1.807, 2.05) is 4.68 Å². The zero-order chi connectivity index (χ0) is 9.97. The van der Waals surface area contributed by atoms with Crippen molar-refractivity contribution in [1.29, 1.82) is 0 Å². The Kier molecular flexibility index (Phi) is 2.79. The summed E-state index contributed by atoms with van der Waals surface area (Å²) >= 11 is 0. The van der Waals surface area contributed by atoms with E-state index < -0.39 is 0 Å². The molecule has 0 atom stereocenters. The van der Waals surface area contributed by atoms with Gasteiger partial charge in [-0.3, -0.25) is 4.90 Å². The lowest BCUT2D eigenvalue weighted by Gasteiger charge is -2.35. The molecule has 2 rings (SSSR count). The molecule has 0 radical (unpaired) electrons. The molecule has 1 saturated heterocycles. The molecule has 0 spiro atoms. The van der Waals surface area contributed by atoms with Gasteiger partial charge in [0.25, 0.3) is 0 Å². The summed E-state index contributed by atoms with van der Waals surface area (Å²) in [6.45, 7) is 6.06. The van der Waals surface area contributed by atoms with Gasteiger partial charge in [-0.2, -0.15) is 5.10 Å². The van der Waals surface area contributed by atoms with Gasteiger partial charge in [0.05, 0.1) is 6.54 Å². The van der Waals surface area contributed by atoms with Gasteiger partial charge in [0.2, 0.25) is 0 Å². The average molecular weight is 195 g/mol. The van der Waals surface area contributed by atoms with Crippen molar-refractivity contribution in [1.82, 2.24) is 25.0 Å². The van der Waals surface area contributed by atoms with Gasteiger partial charge < -0.3 is 5.32 Å². The fourth-order valence-corrected chi connectivity index (χ4v) is 1.61. The van der Waals surface area contributed by atoms with Crippen LogP contribution in [0.3, 0.4) is 0 Å². The van der Waals surface area contributed by atoms with Crippen molar-refractivity contribution in [3.8, 4) is 0 Å². The van der Waals surface area contributed by atoms with Gasteiger partial charge in [-0.1, -0.05) is 0 Å². The minimum atomic E-state index is 0.664. The van der Waals surface area contributed by atoms with Crippen molar-refractivity contribution in [2.45, 2.75) is 26.1 Å². The molecule has 1 fully saturated rings. The molecule has 0 amide bonds. The van der Waals surface area contributed by atoms with E-state index in [2.05, 4.69) is 34.3 Å². The van der Waals surface area contributed by atoms with Crippen LogP contribution in [0.25, 0.3) is 0 Å². The largest absolute Gasteiger partial charge is 0.314 e.